The van der Waals surface area contributed by atoms with Crippen molar-refractivity contribution in [1.29, 1.82) is 0 Å². The lowest BCUT2D eigenvalue weighted by Crippen LogP contribution is -2.33. The number of ether oxygens (including phenoxy) is 1. The summed E-state index contributed by atoms with van der Waals surface area (Å²) in [5, 5.41) is 3.50. The van der Waals surface area contributed by atoms with E-state index in [4.69, 9.17) is 20.8 Å². The molecule has 0 saturated carbocycles. The van der Waals surface area contributed by atoms with E-state index in [-0.39, 0.29) is 11.9 Å². The summed E-state index contributed by atoms with van der Waals surface area (Å²) < 4.78 is 11.4. The molecule has 22 heavy (non-hydrogen) atoms. The van der Waals surface area contributed by atoms with Gasteiger partial charge in [0.15, 0.2) is 0 Å². The molecule has 1 unspecified atom stereocenters. The van der Waals surface area contributed by atoms with E-state index in [1.807, 2.05) is 19.1 Å². The number of furan rings is 1. The zero-order chi connectivity index (χ0) is 16.1. The number of amides is 1. The van der Waals surface area contributed by atoms with Gasteiger partial charge in [-0.05, 0) is 60.2 Å². The Kier molecular flexibility index (Phi) is 6.14. The van der Waals surface area contributed by atoms with Gasteiger partial charge in [-0.1, -0.05) is 11.6 Å². The lowest BCUT2D eigenvalue weighted by atomic mass is 10.1. The number of methoxy groups -OCH3 is 1. The van der Waals surface area contributed by atoms with Crippen LogP contribution < -0.4 is 10.1 Å². The summed E-state index contributed by atoms with van der Waals surface area (Å²) >= 11 is 8.20. The summed E-state index contributed by atoms with van der Waals surface area (Å²) in [5.41, 5.74) is 0.442. The van der Waals surface area contributed by atoms with Gasteiger partial charge in [-0.15, -0.1) is 0 Å². The highest BCUT2D eigenvalue weighted by Crippen LogP contribution is 2.28. The van der Waals surface area contributed by atoms with Crippen LogP contribution in [0.15, 0.2) is 34.9 Å². The second kappa shape index (κ2) is 7.87. The van der Waals surface area contributed by atoms with Crippen LogP contribution in [0.1, 0.15) is 29.5 Å². The summed E-state index contributed by atoms with van der Waals surface area (Å²) in [6.45, 7) is 1.96. The van der Waals surface area contributed by atoms with Gasteiger partial charge in [0.05, 0.1) is 24.0 Å². The maximum absolute atomic E-state index is 12.4. The average molecular weight is 434 g/mol. The van der Waals surface area contributed by atoms with Crippen molar-refractivity contribution in [2.24, 2.45) is 0 Å². The zero-order valence-corrected chi connectivity index (χ0v) is 15.3. The average Bonchev–Trinajstić information content (AvgIpc) is 3.00. The number of hydrogen-bond acceptors (Lipinski definition) is 3. The predicted octanol–water partition coefficient (Wildman–Crippen LogP) is 4.30. The third-order valence-electron chi connectivity index (χ3n) is 3.27. The Morgan fingerprint density at radius 1 is 1.50 bits per heavy atom. The molecule has 1 atom stereocenters. The summed E-state index contributed by atoms with van der Waals surface area (Å²) in [6, 6.07) is 7.19. The molecule has 4 nitrogen and oxygen atoms in total. The van der Waals surface area contributed by atoms with Crippen LogP contribution in [0.2, 0.25) is 5.02 Å². The highest BCUT2D eigenvalue weighted by Gasteiger charge is 2.17. The Morgan fingerprint density at radius 3 is 2.91 bits per heavy atom. The Hall–Kier alpha value is -1.21. The van der Waals surface area contributed by atoms with Crippen molar-refractivity contribution in [2.75, 3.05) is 7.11 Å². The number of carbonyl (C=O) groups excluding carboxylic acids is 1. The Balaban J connectivity index is 2.00. The maximum Gasteiger partial charge on any atom is 0.255 e. The van der Waals surface area contributed by atoms with E-state index >= 15 is 0 Å². The Morgan fingerprint density at radius 2 is 2.27 bits per heavy atom. The molecule has 0 fully saturated rings. The minimum absolute atomic E-state index is 0.0142. The van der Waals surface area contributed by atoms with Gasteiger partial charge in [-0.25, -0.2) is 0 Å². The molecule has 2 aromatic rings. The van der Waals surface area contributed by atoms with Crippen molar-refractivity contribution in [3.05, 3.63) is 50.4 Å². The van der Waals surface area contributed by atoms with Crippen molar-refractivity contribution < 1.29 is 13.9 Å². The summed E-state index contributed by atoms with van der Waals surface area (Å²) in [4.78, 5) is 12.4. The first-order valence-corrected chi connectivity index (χ1v) is 8.33. The van der Waals surface area contributed by atoms with E-state index < -0.39 is 0 Å². The van der Waals surface area contributed by atoms with Crippen LogP contribution in [0, 0.1) is 3.57 Å². The summed E-state index contributed by atoms with van der Waals surface area (Å²) in [7, 11) is 1.54. The molecule has 0 aliphatic heterocycles. The standard InChI is InChI=1S/C16H17ClINO3/c1-10(5-6-11-4-3-7-22-11)19-16(20)12-8-13(17)14(18)9-15(12)21-2/h3-4,7-10H,5-6H2,1-2H3,(H,19,20). The minimum atomic E-state index is -0.193. The van der Waals surface area contributed by atoms with E-state index in [0.29, 0.717) is 16.3 Å². The molecule has 0 bridgehead atoms. The molecule has 0 spiro atoms. The fraction of sp³-hybridized carbons (Fsp3) is 0.312. The predicted molar refractivity (Wildman–Crippen MR) is 94.7 cm³/mol. The van der Waals surface area contributed by atoms with Gasteiger partial charge < -0.3 is 14.5 Å². The SMILES string of the molecule is COc1cc(I)c(Cl)cc1C(=O)NC(C)CCc1ccco1. The molecule has 1 aromatic carbocycles. The Labute approximate surface area is 148 Å². The first-order valence-electron chi connectivity index (χ1n) is 6.87. The number of nitrogens with one attached hydrogen (secondary N) is 1. The second-order valence-electron chi connectivity index (χ2n) is 4.96. The van der Waals surface area contributed by atoms with Gasteiger partial charge in [0, 0.05) is 16.0 Å². The molecule has 1 heterocycles. The number of aryl methyl sites for hydroxylation is 1. The maximum atomic E-state index is 12.4. The number of benzene rings is 1. The van der Waals surface area contributed by atoms with E-state index in [1.165, 1.54) is 7.11 Å². The Bertz CT molecular complexity index is 643. The minimum Gasteiger partial charge on any atom is -0.496 e. The molecule has 0 aliphatic rings. The quantitative estimate of drug-likeness (QED) is 0.691. The van der Waals surface area contributed by atoms with Crippen molar-refractivity contribution in [3.8, 4) is 5.75 Å². The number of halogens is 2. The van der Waals surface area contributed by atoms with Crippen LogP contribution in [-0.2, 0) is 6.42 Å². The molecular weight excluding hydrogens is 417 g/mol. The van der Waals surface area contributed by atoms with Crippen molar-refractivity contribution >= 4 is 40.1 Å². The molecule has 118 valence electrons. The highest BCUT2D eigenvalue weighted by molar-refractivity contribution is 14.1. The lowest BCUT2D eigenvalue weighted by molar-refractivity contribution is 0.0935. The first-order chi connectivity index (χ1) is 10.5. The van der Waals surface area contributed by atoms with E-state index in [9.17, 15) is 4.79 Å². The van der Waals surface area contributed by atoms with Crippen LogP contribution in [0.4, 0.5) is 0 Å². The first kappa shape index (κ1) is 17.1. The number of carbonyl (C=O) groups is 1. The molecule has 1 amide bonds. The van der Waals surface area contributed by atoms with E-state index in [1.54, 1.807) is 18.4 Å². The van der Waals surface area contributed by atoms with Crippen LogP contribution in [0.5, 0.6) is 5.75 Å². The fourth-order valence-corrected chi connectivity index (χ4v) is 2.66. The third-order valence-corrected chi connectivity index (χ3v) is 4.79. The van der Waals surface area contributed by atoms with Crippen LogP contribution in [0.25, 0.3) is 0 Å². The van der Waals surface area contributed by atoms with Crippen LogP contribution in [0.3, 0.4) is 0 Å². The van der Waals surface area contributed by atoms with Gasteiger partial charge in [-0.3, -0.25) is 4.79 Å². The molecule has 1 aromatic heterocycles. The highest BCUT2D eigenvalue weighted by atomic mass is 127. The zero-order valence-electron chi connectivity index (χ0n) is 12.4. The molecule has 0 saturated heterocycles. The second-order valence-corrected chi connectivity index (χ2v) is 6.53. The third kappa shape index (κ3) is 4.39. The van der Waals surface area contributed by atoms with Crippen LogP contribution in [-0.4, -0.2) is 19.1 Å². The fourth-order valence-electron chi connectivity index (χ4n) is 2.06. The molecule has 6 heteroatoms. The summed E-state index contributed by atoms with van der Waals surface area (Å²) in [5.74, 6) is 1.24. The lowest BCUT2D eigenvalue weighted by Gasteiger charge is -2.15. The molecular formula is C16H17ClINO3. The largest absolute Gasteiger partial charge is 0.496 e. The monoisotopic (exact) mass is 433 g/mol. The van der Waals surface area contributed by atoms with Gasteiger partial charge in [0.25, 0.3) is 5.91 Å². The smallest absolute Gasteiger partial charge is 0.255 e. The van der Waals surface area contributed by atoms with Crippen molar-refractivity contribution in [1.82, 2.24) is 5.32 Å². The number of rotatable bonds is 6. The molecule has 1 N–H and O–H groups in total. The van der Waals surface area contributed by atoms with E-state index in [2.05, 4.69) is 27.9 Å². The summed E-state index contributed by atoms with van der Waals surface area (Å²) in [6.07, 6.45) is 3.22. The molecule has 0 radical (unpaired) electrons. The van der Waals surface area contributed by atoms with Gasteiger partial charge in [0.1, 0.15) is 11.5 Å². The van der Waals surface area contributed by atoms with Crippen molar-refractivity contribution in [3.63, 3.8) is 0 Å². The van der Waals surface area contributed by atoms with Crippen LogP contribution >= 0.6 is 34.2 Å². The van der Waals surface area contributed by atoms with Gasteiger partial charge >= 0.3 is 0 Å². The number of hydrogen-bond donors (Lipinski definition) is 1. The van der Waals surface area contributed by atoms with Gasteiger partial charge in [0.2, 0.25) is 0 Å². The molecule has 2 rings (SSSR count). The van der Waals surface area contributed by atoms with Gasteiger partial charge in [-0.2, -0.15) is 0 Å². The molecule has 0 aliphatic carbocycles. The topological polar surface area (TPSA) is 51.5 Å². The normalized spacial score (nSPS) is 12.0. The van der Waals surface area contributed by atoms with E-state index in [0.717, 1.165) is 22.2 Å². The van der Waals surface area contributed by atoms with Crippen molar-refractivity contribution in [2.45, 2.75) is 25.8 Å².